The molecule has 0 radical (unpaired) electrons. The van der Waals surface area contributed by atoms with Crippen LogP contribution in [0.5, 0.6) is 0 Å². The van der Waals surface area contributed by atoms with Crippen LogP contribution < -0.4 is 10.9 Å². The second-order valence-corrected chi connectivity index (χ2v) is 9.60. The first-order valence-corrected chi connectivity index (χ1v) is 12.3. The first kappa shape index (κ1) is 24.1. The first-order valence-electron chi connectivity index (χ1n) is 12.0. The fourth-order valence-electron chi connectivity index (χ4n) is 5.21. The van der Waals surface area contributed by atoms with Gasteiger partial charge in [-0.15, -0.1) is 0 Å². The maximum Gasteiger partial charge on any atom is 0.303 e. The maximum absolute atomic E-state index is 13.7. The van der Waals surface area contributed by atoms with Crippen LogP contribution in [0.3, 0.4) is 0 Å². The number of aromatic nitrogens is 2. The van der Waals surface area contributed by atoms with Gasteiger partial charge in [0, 0.05) is 30.0 Å². The summed E-state index contributed by atoms with van der Waals surface area (Å²) >= 11 is 6.55. The SMILES string of the molecule is CC(=O)OC(C(=O)NC1CCCC(n2c(=O)c3c(C)onc3c3c(Cl)cccc32)C1)c1ccccc1. The highest BCUT2D eigenvalue weighted by Crippen LogP contribution is 2.35. The third-order valence-corrected chi connectivity index (χ3v) is 7.08. The molecule has 36 heavy (non-hydrogen) atoms. The summed E-state index contributed by atoms with van der Waals surface area (Å²) in [6, 6.07) is 14.0. The number of halogens is 1. The molecule has 3 atom stereocenters. The van der Waals surface area contributed by atoms with Crippen molar-refractivity contribution in [1.82, 2.24) is 15.0 Å². The first-order chi connectivity index (χ1) is 17.3. The summed E-state index contributed by atoms with van der Waals surface area (Å²) in [5.74, 6) is -0.473. The van der Waals surface area contributed by atoms with Crippen LogP contribution in [-0.2, 0) is 14.3 Å². The van der Waals surface area contributed by atoms with E-state index in [4.69, 9.17) is 20.9 Å². The van der Waals surface area contributed by atoms with Gasteiger partial charge in [-0.25, -0.2) is 0 Å². The monoisotopic (exact) mass is 507 g/mol. The van der Waals surface area contributed by atoms with Gasteiger partial charge in [0.2, 0.25) is 6.10 Å². The Balaban J connectivity index is 1.47. The number of benzene rings is 2. The van der Waals surface area contributed by atoms with E-state index in [2.05, 4.69) is 10.5 Å². The summed E-state index contributed by atoms with van der Waals surface area (Å²) in [7, 11) is 0. The van der Waals surface area contributed by atoms with Gasteiger partial charge in [0.1, 0.15) is 16.7 Å². The molecule has 0 bridgehead atoms. The molecule has 186 valence electrons. The van der Waals surface area contributed by atoms with Crippen LogP contribution in [0.15, 0.2) is 57.8 Å². The Morgan fingerprint density at radius 2 is 1.92 bits per heavy atom. The molecule has 1 N–H and O–H groups in total. The highest BCUT2D eigenvalue weighted by molar-refractivity contribution is 6.37. The molecular weight excluding hydrogens is 482 g/mol. The topological polar surface area (TPSA) is 103 Å². The Morgan fingerprint density at radius 1 is 1.14 bits per heavy atom. The number of ether oxygens (including phenoxy) is 1. The lowest BCUT2D eigenvalue weighted by Gasteiger charge is -2.32. The molecule has 1 aliphatic rings. The average molecular weight is 508 g/mol. The minimum Gasteiger partial charge on any atom is -0.447 e. The third kappa shape index (κ3) is 4.37. The van der Waals surface area contributed by atoms with Gasteiger partial charge >= 0.3 is 5.97 Å². The van der Waals surface area contributed by atoms with Crippen LogP contribution in [0.4, 0.5) is 0 Å². The summed E-state index contributed by atoms with van der Waals surface area (Å²) in [5.41, 5.74) is 1.56. The number of carbonyl (C=O) groups is 2. The number of aryl methyl sites for hydroxylation is 1. The van der Waals surface area contributed by atoms with Crippen molar-refractivity contribution in [3.05, 3.63) is 75.2 Å². The Hall–Kier alpha value is -3.65. The molecule has 0 aliphatic heterocycles. The molecule has 1 amide bonds. The molecule has 2 aromatic carbocycles. The van der Waals surface area contributed by atoms with E-state index in [9.17, 15) is 14.4 Å². The lowest BCUT2D eigenvalue weighted by atomic mass is 9.89. The van der Waals surface area contributed by atoms with Gasteiger partial charge in [0.25, 0.3) is 11.5 Å². The average Bonchev–Trinajstić information content (AvgIpc) is 3.25. The predicted molar refractivity (Wildman–Crippen MR) is 136 cm³/mol. The Kier molecular flexibility index (Phi) is 6.53. The van der Waals surface area contributed by atoms with Crippen LogP contribution >= 0.6 is 11.6 Å². The fraction of sp³-hybridized carbons (Fsp3) is 0.333. The van der Waals surface area contributed by atoms with Gasteiger partial charge in [0.15, 0.2) is 0 Å². The van der Waals surface area contributed by atoms with Crippen molar-refractivity contribution in [3.8, 4) is 0 Å². The zero-order valence-corrected chi connectivity index (χ0v) is 20.7. The molecule has 4 aromatic rings. The van der Waals surface area contributed by atoms with Crippen molar-refractivity contribution in [1.29, 1.82) is 0 Å². The maximum atomic E-state index is 13.7. The summed E-state index contributed by atoms with van der Waals surface area (Å²) in [6.45, 7) is 3.00. The van der Waals surface area contributed by atoms with Crippen molar-refractivity contribution >= 4 is 45.3 Å². The lowest BCUT2D eigenvalue weighted by Crippen LogP contribution is -2.43. The molecule has 2 heterocycles. The van der Waals surface area contributed by atoms with Crippen molar-refractivity contribution in [2.75, 3.05) is 0 Å². The number of fused-ring (bicyclic) bond motifs is 3. The van der Waals surface area contributed by atoms with E-state index >= 15 is 0 Å². The number of pyridine rings is 1. The molecular formula is C27H26ClN3O5. The van der Waals surface area contributed by atoms with E-state index < -0.39 is 12.1 Å². The van der Waals surface area contributed by atoms with Crippen molar-refractivity contribution in [3.63, 3.8) is 0 Å². The van der Waals surface area contributed by atoms with Gasteiger partial charge in [-0.3, -0.25) is 14.4 Å². The summed E-state index contributed by atoms with van der Waals surface area (Å²) in [5, 5.41) is 8.75. The zero-order chi connectivity index (χ0) is 25.4. The molecule has 8 nitrogen and oxygen atoms in total. The number of amides is 1. The number of rotatable bonds is 5. The van der Waals surface area contributed by atoms with E-state index in [0.29, 0.717) is 44.6 Å². The summed E-state index contributed by atoms with van der Waals surface area (Å²) in [6.07, 6.45) is 1.85. The molecule has 1 saturated carbocycles. The highest BCUT2D eigenvalue weighted by atomic mass is 35.5. The smallest absolute Gasteiger partial charge is 0.303 e. The van der Waals surface area contributed by atoms with Gasteiger partial charge in [0.05, 0.1) is 10.5 Å². The molecule has 5 rings (SSSR count). The molecule has 0 spiro atoms. The van der Waals surface area contributed by atoms with E-state index in [1.54, 1.807) is 41.8 Å². The second-order valence-electron chi connectivity index (χ2n) is 9.20. The largest absolute Gasteiger partial charge is 0.447 e. The van der Waals surface area contributed by atoms with E-state index in [-0.39, 0.29) is 23.6 Å². The highest BCUT2D eigenvalue weighted by Gasteiger charge is 2.31. The van der Waals surface area contributed by atoms with Crippen LogP contribution in [0.2, 0.25) is 5.02 Å². The number of carbonyl (C=O) groups excluding carboxylic acids is 2. The predicted octanol–water partition coefficient (Wildman–Crippen LogP) is 5.01. The number of hydrogen-bond acceptors (Lipinski definition) is 6. The van der Waals surface area contributed by atoms with Gasteiger partial charge in [-0.2, -0.15) is 0 Å². The molecule has 9 heteroatoms. The Morgan fingerprint density at radius 3 is 2.67 bits per heavy atom. The molecule has 2 aromatic heterocycles. The quantitative estimate of drug-likeness (QED) is 0.381. The third-order valence-electron chi connectivity index (χ3n) is 6.77. The standard InChI is InChI=1S/C27H26ClN3O5/c1-15-22-24(30-36-15)23-20(28)12-7-13-21(23)31(27(22)34)19-11-6-10-18(14-19)29-26(33)25(35-16(2)32)17-8-4-3-5-9-17/h3-5,7-9,12-13,18-19,25H,6,10-11,14H2,1-2H3,(H,29,33). The number of hydrogen-bond donors (Lipinski definition) is 1. The number of nitrogens with one attached hydrogen (secondary N) is 1. The van der Waals surface area contributed by atoms with Gasteiger partial charge in [-0.05, 0) is 44.7 Å². The minimum atomic E-state index is -1.04. The van der Waals surface area contributed by atoms with Crippen LogP contribution in [0.25, 0.3) is 21.8 Å². The van der Waals surface area contributed by atoms with Crippen molar-refractivity contribution in [2.45, 2.75) is 57.7 Å². The molecule has 1 aliphatic carbocycles. The van der Waals surface area contributed by atoms with E-state index in [0.717, 1.165) is 19.3 Å². The van der Waals surface area contributed by atoms with E-state index in [1.807, 2.05) is 18.2 Å². The van der Waals surface area contributed by atoms with Gasteiger partial charge < -0.3 is 19.1 Å². The van der Waals surface area contributed by atoms with Gasteiger partial charge in [-0.1, -0.05) is 53.2 Å². The normalized spacial score (nSPS) is 18.8. The minimum absolute atomic E-state index is 0.167. The van der Waals surface area contributed by atoms with Crippen molar-refractivity contribution in [2.24, 2.45) is 0 Å². The second kappa shape index (κ2) is 9.78. The Bertz CT molecular complexity index is 1510. The molecule has 3 unspecified atom stereocenters. The van der Waals surface area contributed by atoms with E-state index in [1.165, 1.54) is 6.92 Å². The fourth-order valence-corrected chi connectivity index (χ4v) is 5.47. The van der Waals surface area contributed by atoms with Crippen LogP contribution in [0, 0.1) is 6.92 Å². The summed E-state index contributed by atoms with van der Waals surface area (Å²) < 4.78 is 12.5. The van der Waals surface area contributed by atoms with Crippen LogP contribution in [0.1, 0.15) is 56.1 Å². The lowest BCUT2D eigenvalue weighted by molar-refractivity contribution is -0.154. The zero-order valence-electron chi connectivity index (χ0n) is 20.0. The van der Waals surface area contributed by atoms with Crippen LogP contribution in [-0.4, -0.2) is 27.6 Å². The summed E-state index contributed by atoms with van der Waals surface area (Å²) in [4.78, 5) is 38.6. The number of nitrogens with zero attached hydrogens (tertiary/aromatic N) is 2. The van der Waals surface area contributed by atoms with Crippen molar-refractivity contribution < 1.29 is 18.8 Å². The molecule has 0 saturated heterocycles. The number of esters is 1. The Labute approximate surface area is 212 Å². The molecule has 1 fully saturated rings.